The lowest BCUT2D eigenvalue weighted by Gasteiger charge is -2.35. The van der Waals surface area contributed by atoms with E-state index in [1.807, 2.05) is 20.8 Å². The molecule has 1 N–H and O–H groups in total. The lowest BCUT2D eigenvalue weighted by Crippen LogP contribution is -2.54. The molecule has 0 amide bonds. The minimum Gasteiger partial charge on any atom is -0.465 e. The van der Waals surface area contributed by atoms with Crippen molar-refractivity contribution < 1.29 is 9.53 Å². The standard InChI is InChI=1S/C16H33N3O2/c1-6-17-16(4,15(20)21-7-2)13-14(3)19-10-8-9-18(5)11-12-19/h14,17H,6-13H2,1-5H3. The molecular weight excluding hydrogens is 266 g/mol. The predicted molar refractivity (Wildman–Crippen MR) is 86.5 cm³/mol. The van der Waals surface area contributed by atoms with Crippen molar-refractivity contribution in [3.05, 3.63) is 0 Å². The monoisotopic (exact) mass is 299 g/mol. The van der Waals surface area contributed by atoms with Gasteiger partial charge in [0.2, 0.25) is 0 Å². The fourth-order valence-electron chi connectivity index (χ4n) is 3.14. The van der Waals surface area contributed by atoms with E-state index in [2.05, 4.69) is 29.1 Å². The first-order valence-corrected chi connectivity index (χ1v) is 8.27. The summed E-state index contributed by atoms with van der Waals surface area (Å²) in [4.78, 5) is 17.2. The second-order valence-electron chi connectivity index (χ2n) is 6.33. The Kier molecular flexibility index (Phi) is 7.63. The summed E-state index contributed by atoms with van der Waals surface area (Å²) < 4.78 is 5.26. The quantitative estimate of drug-likeness (QED) is 0.719. The van der Waals surface area contributed by atoms with Gasteiger partial charge in [0.25, 0.3) is 0 Å². The Hall–Kier alpha value is -0.650. The number of likely N-dealkylation sites (N-methyl/N-ethyl adjacent to an activating group) is 2. The molecule has 0 aromatic heterocycles. The highest BCUT2D eigenvalue weighted by molar-refractivity contribution is 5.80. The molecule has 21 heavy (non-hydrogen) atoms. The van der Waals surface area contributed by atoms with Gasteiger partial charge in [-0.2, -0.15) is 0 Å². The van der Waals surface area contributed by atoms with Crippen LogP contribution >= 0.6 is 0 Å². The van der Waals surface area contributed by atoms with Crippen LogP contribution < -0.4 is 5.32 Å². The first-order chi connectivity index (χ1) is 9.92. The van der Waals surface area contributed by atoms with Crippen LogP contribution in [0, 0.1) is 0 Å². The maximum atomic E-state index is 12.3. The number of nitrogens with one attached hydrogen (secondary N) is 1. The normalized spacial score (nSPS) is 22.3. The molecular formula is C16H33N3O2. The second-order valence-corrected chi connectivity index (χ2v) is 6.33. The average molecular weight is 299 g/mol. The van der Waals surface area contributed by atoms with E-state index in [9.17, 15) is 4.79 Å². The lowest BCUT2D eigenvalue weighted by atomic mass is 9.92. The SMILES string of the molecule is CCNC(C)(CC(C)N1CCCN(C)CC1)C(=O)OCC. The van der Waals surface area contributed by atoms with Crippen LogP contribution in [-0.4, -0.2) is 73.7 Å². The highest BCUT2D eigenvalue weighted by atomic mass is 16.5. The summed E-state index contributed by atoms with van der Waals surface area (Å²) in [6.07, 6.45) is 1.97. The molecule has 1 heterocycles. The molecule has 0 bridgehead atoms. The number of ether oxygens (including phenoxy) is 1. The van der Waals surface area contributed by atoms with Crippen molar-refractivity contribution in [1.29, 1.82) is 0 Å². The maximum Gasteiger partial charge on any atom is 0.326 e. The molecule has 0 aliphatic carbocycles. The zero-order valence-corrected chi connectivity index (χ0v) is 14.4. The molecule has 2 unspecified atom stereocenters. The van der Waals surface area contributed by atoms with Gasteiger partial charge in [-0.25, -0.2) is 0 Å². The number of hydrogen-bond acceptors (Lipinski definition) is 5. The number of carbonyl (C=O) groups excluding carboxylic acids is 1. The minimum atomic E-state index is -0.595. The van der Waals surface area contributed by atoms with Gasteiger partial charge in [-0.1, -0.05) is 6.92 Å². The molecule has 0 aromatic rings. The van der Waals surface area contributed by atoms with Crippen LogP contribution in [0.25, 0.3) is 0 Å². The molecule has 0 radical (unpaired) electrons. The summed E-state index contributed by atoms with van der Waals surface area (Å²) in [6.45, 7) is 13.7. The van der Waals surface area contributed by atoms with Crippen molar-refractivity contribution in [1.82, 2.24) is 15.1 Å². The predicted octanol–water partition coefficient (Wildman–Crippen LogP) is 1.33. The fourth-order valence-corrected chi connectivity index (χ4v) is 3.14. The third-order valence-electron chi connectivity index (χ3n) is 4.37. The Balaban J connectivity index is 2.66. The van der Waals surface area contributed by atoms with Gasteiger partial charge in [0.05, 0.1) is 6.61 Å². The van der Waals surface area contributed by atoms with E-state index in [4.69, 9.17) is 4.74 Å². The number of esters is 1. The molecule has 0 aromatic carbocycles. The van der Waals surface area contributed by atoms with Crippen molar-refractivity contribution in [2.45, 2.75) is 52.1 Å². The molecule has 0 spiro atoms. The van der Waals surface area contributed by atoms with Crippen molar-refractivity contribution in [3.63, 3.8) is 0 Å². The fraction of sp³-hybridized carbons (Fsp3) is 0.938. The van der Waals surface area contributed by atoms with Crippen LogP contribution in [0.5, 0.6) is 0 Å². The number of nitrogens with zero attached hydrogens (tertiary/aromatic N) is 2. The van der Waals surface area contributed by atoms with Gasteiger partial charge in [-0.15, -0.1) is 0 Å². The number of carbonyl (C=O) groups is 1. The molecule has 2 atom stereocenters. The van der Waals surface area contributed by atoms with Gasteiger partial charge in [-0.05, 0) is 60.3 Å². The van der Waals surface area contributed by atoms with Crippen molar-refractivity contribution >= 4 is 5.97 Å². The summed E-state index contributed by atoms with van der Waals surface area (Å²) in [6, 6.07) is 0.366. The van der Waals surface area contributed by atoms with Crippen molar-refractivity contribution in [3.8, 4) is 0 Å². The van der Waals surface area contributed by atoms with Crippen LogP contribution in [0.15, 0.2) is 0 Å². The maximum absolute atomic E-state index is 12.3. The number of hydrogen-bond donors (Lipinski definition) is 1. The average Bonchev–Trinajstić information content (AvgIpc) is 2.64. The number of rotatable bonds is 7. The molecule has 5 heteroatoms. The van der Waals surface area contributed by atoms with E-state index in [1.165, 1.54) is 6.42 Å². The highest BCUT2D eigenvalue weighted by Crippen LogP contribution is 2.19. The van der Waals surface area contributed by atoms with E-state index in [-0.39, 0.29) is 5.97 Å². The second kappa shape index (κ2) is 8.71. The van der Waals surface area contributed by atoms with Gasteiger partial charge in [0.15, 0.2) is 0 Å². The van der Waals surface area contributed by atoms with Gasteiger partial charge in [0, 0.05) is 19.1 Å². The molecule has 1 aliphatic heterocycles. The van der Waals surface area contributed by atoms with Crippen molar-refractivity contribution in [2.24, 2.45) is 0 Å². The Morgan fingerprint density at radius 1 is 1.29 bits per heavy atom. The van der Waals surface area contributed by atoms with E-state index >= 15 is 0 Å². The third kappa shape index (κ3) is 5.57. The summed E-state index contributed by atoms with van der Waals surface area (Å²) >= 11 is 0. The highest BCUT2D eigenvalue weighted by Gasteiger charge is 2.36. The molecule has 5 nitrogen and oxygen atoms in total. The first-order valence-electron chi connectivity index (χ1n) is 8.27. The van der Waals surface area contributed by atoms with E-state index in [0.717, 1.165) is 39.1 Å². The molecule has 1 rings (SSSR count). The van der Waals surface area contributed by atoms with Crippen LogP contribution in [0.1, 0.15) is 40.5 Å². The largest absolute Gasteiger partial charge is 0.465 e. The molecule has 1 fully saturated rings. The molecule has 1 aliphatic rings. The van der Waals surface area contributed by atoms with Gasteiger partial charge >= 0.3 is 5.97 Å². The van der Waals surface area contributed by atoms with Gasteiger partial charge in [0.1, 0.15) is 5.54 Å². The van der Waals surface area contributed by atoms with Crippen LogP contribution in [-0.2, 0) is 9.53 Å². The summed E-state index contributed by atoms with van der Waals surface area (Å²) in [7, 11) is 2.18. The lowest BCUT2D eigenvalue weighted by molar-refractivity contribution is -0.151. The van der Waals surface area contributed by atoms with Gasteiger partial charge < -0.3 is 15.0 Å². The summed E-state index contributed by atoms with van der Waals surface area (Å²) in [5.41, 5.74) is -0.595. The minimum absolute atomic E-state index is 0.134. The Labute approximate surface area is 130 Å². The molecule has 0 saturated carbocycles. The Morgan fingerprint density at radius 3 is 2.62 bits per heavy atom. The van der Waals surface area contributed by atoms with Crippen LogP contribution in [0.3, 0.4) is 0 Å². The van der Waals surface area contributed by atoms with E-state index in [1.54, 1.807) is 0 Å². The van der Waals surface area contributed by atoms with E-state index < -0.39 is 5.54 Å². The summed E-state index contributed by atoms with van der Waals surface area (Å²) in [5.74, 6) is -0.134. The smallest absolute Gasteiger partial charge is 0.326 e. The van der Waals surface area contributed by atoms with Gasteiger partial charge in [-0.3, -0.25) is 9.69 Å². The molecule has 124 valence electrons. The zero-order valence-electron chi connectivity index (χ0n) is 14.4. The Bertz CT molecular complexity index is 325. The van der Waals surface area contributed by atoms with Crippen LogP contribution in [0.2, 0.25) is 0 Å². The summed E-state index contributed by atoms with van der Waals surface area (Å²) in [5, 5.41) is 3.33. The first kappa shape index (κ1) is 18.4. The Morgan fingerprint density at radius 2 is 2.00 bits per heavy atom. The topological polar surface area (TPSA) is 44.8 Å². The zero-order chi connectivity index (χ0) is 15.9. The third-order valence-corrected chi connectivity index (χ3v) is 4.37. The molecule has 1 saturated heterocycles. The van der Waals surface area contributed by atoms with Crippen LogP contribution in [0.4, 0.5) is 0 Å². The van der Waals surface area contributed by atoms with Crippen molar-refractivity contribution in [2.75, 3.05) is 46.4 Å². The van der Waals surface area contributed by atoms with E-state index in [0.29, 0.717) is 12.6 Å².